The molecular formula is C22H22FN5O. The van der Waals surface area contributed by atoms with E-state index in [1.54, 1.807) is 18.3 Å². The average Bonchev–Trinajstić information content (AvgIpc) is 3.14. The second kappa shape index (κ2) is 7.87. The van der Waals surface area contributed by atoms with Crippen LogP contribution in [0, 0.1) is 5.82 Å². The first-order chi connectivity index (χ1) is 14.0. The second-order valence-corrected chi connectivity index (χ2v) is 7.18. The monoisotopic (exact) mass is 391 g/mol. The van der Waals surface area contributed by atoms with Crippen LogP contribution in [-0.2, 0) is 6.42 Å². The van der Waals surface area contributed by atoms with Crippen LogP contribution in [0.2, 0.25) is 0 Å². The number of aromatic hydroxyl groups is 1. The van der Waals surface area contributed by atoms with Crippen molar-refractivity contribution in [2.75, 3.05) is 11.9 Å². The molecule has 0 radical (unpaired) electrons. The number of pyridine rings is 1. The van der Waals surface area contributed by atoms with Gasteiger partial charge in [-0.1, -0.05) is 12.1 Å². The molecule has 2 N–H and O–H groups in total. The van der Waals surface area contributed by atoms with E-state index >= 15 is 0 Å². The van der Waals surface area contributed by atoms with Gasteiger partial charge in [0.1, 0.15) is 23.0 Å². The number of nitrogens with one attached hydrogen (secondary N) is 1. The zero-order chi connectivity index (χ0) is 20.4. The van der Waals surface area contributed by atoms with Crippen molar-refractivity contribution < 1.29 is 9.50 Å². The van der Waals surface area contributed by atoms with Gasteiger partial charge in [-0.3, -0.25) is 4.98 Å². The van der Waals surface area contributed by atoms with Gasteiger partial charge < -0.3 is 15.0 Å². The summed E-state index contributed by atoms with van der Waals surface area (Å²) in [5, 5.41) is 13.7. The minimum absolute atomic E-state index is 0.228. The molecular weight excluding hydrogens is 369 g/mol. The molecule has 0 fully saturated rings. The van der Waals surface area contributed by atoms with E-state index in [1.165, 1.54) is 6.07 Å². The minimum Gasteiger partial charge on any atom is -0.508 e. The van der Waals surface area contributed by atoms with Crippen molar-refractivity contribution in [3.05, 3.63) is 66.4 Å². The van der Waals surface area contributed by atoms with Gasteiger partial charge in [-0.2, -0.15) is 0 Å². The van der Waals surface area contributed by atoms with Crippen molar-refractivity contribution in [3.63, 3.8) is 0 Å². The maximum atomic E-state index is 13.7. The second-order valence-electron chi connectivity index (χ2n) is 7.18. The Balaban J connectivity index is 1.68. The van der Waals surface area contributed by atoms with E-state index < -0.39 is 5.82 Å². The molecule has 0 amide bonds. The number of fused-ring (bicyclic) bond motifs is 1. The Bertz CT molecular complexity index is 1140. The van der Waals surface area contributed by atoms with Crippen LogP contribution in [-0.4, -0.2) is 31.2 Å². The number of hydrogen-bond acceptors (Lipinski definition) is 5. The number of halogens is 1. The Morgan fingerprint density at radius 2 is 1.90 bits per heavy atom. The summed E-state index contributed by atoms with van der Waals surface area (Å²) in [4.78, 5) is 13.3. The van der Waals surface area contributed by atoms with Crippen LogP contribution < -0.4 is 5.32 Å². The van der Waals surface area contributed by atoms with Gasteiger partial charge in [0.15, 0.2) is 5.82 Å². The van der Waals surface area contributed by atoms with Crippen molar-refractivity contribution in [1.82, 2.24) is 19.5 Å². The third kappa shape index (κ3) is 4.03. The van der Waals surface area contributed by atoms with Crippen LogP contribution in [0.5, 0.6) is 5.75 Å². The number of aromatic nitrogens is 4. The summed E-state index contributed by atoms with van der Waals surface area (Å²) in [7, 11) is 0. The lowest BCUT2D eigenvalue weighted by atomic mass is 10.1. The lowest BCUT2D eigenvalue weighted by Crippen LogP contribution is -2.09. The molecule has 4 aromatic rings. The van der Waals surface area contributed by atoms with Gasteiger partial charge in [0.2, 0.25) is 0 Å². The first kappa shape index (κ1) is 18.9. The summed E-state index contributed by atoms with van der Waals surface area (Å²) < 4.78 is 15.7. The van der Waals surface area contributed by atoms with Gasteiger partial charge >= 0.3 is 0 Å². The van der Waals surface area contributed by atoms with E-state index in [0.717, 1.165) is 29.2 Å². The highest BCUT2D eigenvalue weighted by molar-refractivity contribution is 5.89. The molecule has 1 aromatic carbocycles. The smallest absolute Gasteiger partial charge is 0.165 e. The quantitative estimate of drug-likeness (QED) is 0.503. The lowest BCUT2D eigenvalue weighted by molar-refractivity contribution is 0.475. The van der Waals surface area contributed by atoms with Gasteiger partial charge in [0.05, 0.1) is 11.6 Å². The van der Waals surface area contributed by atoms with Crippen molar-refractivity contribution in [2.24, 2.45) is 0 Å². The van der Waals surface area contributed by atoms with Crippen LogP contribution in [0.25, 0.3) is 22.4 Å². The Kier molecular flexibility index (Phi) is 5.12. The number of benzene rings is 1. The molecule has 148 valence electrons. The van der Waals surface area contributed by atoms with Crippen molar-refractivity contribution >= 4 is 16.9 Å². The fraction of sp³-hybridized carbons (Fsp3) is 0.227. The molecule has 0 atom stereocenters. The summed E-state index contributed by atoms with van der Waals surface area (Å²) in [6, 6.07) is 10.7. The summed E-state index contributed by atoms with van der Waals surface area (Å²) in [6.45, 7) is 4.83. The van der Waals surface area contributed by atoms with Gasteiger partial charge in [-0.05, 0) is 50.1 Å². The molecule has 3 heterocycles. The average molecular weight is 391 g/mol. The number of hydrogen-bond donors (Lipinski definition) is 2. The molecule has 0 saturated carbocycles. The lowest BCUT2D eigenvalue weighted by Gasteiger charge is -2.12. The first-order valence-electron chi connectivity index (χ1n) is 9.52. The van der Waals surface area contributed by atoms with Crippen LogP contribution in [0.3, 0.4) is 0 Å². The molecule has 0 aliphatic carbocycles. The standard InChI is InChI=1S/C22H22FN5O/c1-14(2)28-10-8-19-21(25-9-7-15-3-5-18(29)6-4-15)26-20(27-22(19)28)16-11-17(23)13-24-12-16/h3-6,8,10-14,29H,7,9H2,1-2H3,(H,25,26,27). The van der Waals surface area contributed by atoms with Crippen molar-refractivity contribution in [2.45, 2.75) is 26.3 Å². The largest absolute Gasteiger partial charge is 0.508 e. The summed E-state index contributed by atoms with van der Waals surface area (Å²) in [5.41, 5.74) is 2.43. The molecule has 29 heavy (non-hydrogen) atoms. The zero-order valence-corrected chi connectivity index (χ0v) is 16.3. The predicted octanol–water partition coefficient (Wildman–Crippen LogP) is 4.57. The molecule has 3 aromatic heterocycles. The van der Waals surface area contributed by atoms with Crippen LogP contribution >= 0.6 is 0 Å². The van der Waals surface area contributed by atoms with E-state index in [4.69, 9.17) is 0 Å². The Morgan fingerprint density at radius 1 is 1.10 bits per heavy atom. The molecule has 0 aliphatic rings. The molecule has 0 unspecified atom stereocenters. The Hall–Kier alpha value is -3.48. The highest BCUT2D eigenvalue weighted by Crippen LogP contribution is 2.27. The van der Waals surface area contributed by atoms with E-state index in [0.29, 0.717) is 23.8 Å². The Morgan fingerprint density at radius 3 is 2.62 bits per heavy atom. The van der Waals surface area contributed by atoms with E-state index in [-0.39, 0.29) is 11.8 Å². The number of nitrogens with zero attached hydrogens (tertiary/aromatic N) is 4. The SMILES string of the molecule is CC(C)n1ccc2c(NCCc3ccc(O)cc3)nc(-c3cncc(F)c3)nc21. The predicted molar refractivity (Wildman–Crippen MR) is 111 cm³/mol. The normalized spacial score (nSPS) is 11.3. The summed E-state index contributed by atoms with van der Waals surface area (Å²) in [5.74, 6) is 0.958. The van der Waals surface area contributed by atoms with E-state index in [2.05, 4.69) is 38.7 Å². The van der Waals surface area contributed by atoms with Gasteiger partial charge in [-0.15, -0.1) is 0 Å². The highest BCUT2D eigenvalue weighted by atomic mass is 19.1. The fourth-order valence-corrected chi connectivity index (χ4v) is 3.24. The van der Waals surface area contributed by atoms with Crippen molar-refractivity contribution in [3.8, 4) is 17.1 Å². The van der Waals surface area contributed by atoms with E-state index in [1.807, 2.05) is 24.4 Å². The number of anilines is 1. The molecule has 6 nitrogen and oxygen atoms in total. The maximum absolute atomic E-state index is 13.7. The number of phenols is 1. The third-order valence-electron chi connectivity index (χ3n) is 4.73. The molecule has 7 heteroatoms. The van der Waals surface area contributed by atoms with Gasteiger partial charge in [0, 0.05) is 30.5 Å². The fourth-order valence-electron chi connectivity index (χ4n) is 3.24. The molecule has 0 bridgehead atoms. The summed E-state index contributed by atoms with van der Waals surface area (Å²) in [6.07, 6.45) is 5.49. The molecule has 0 aliphatic heterocycles. The summed E-state index contributed by atoms with van der Waals surface area (Å²) >= 11 is 0. The topological polar surface area (TPSA) is 75.9 Å². The van der Waals surface area contributed by atoms with Crippen molar-refractivity contribution in [1.29, 1.82) is 0 Å². The molecule has 4 rings (SSSR count). The van der Waals surface area contributed by atoms with Gasteiger partial charge in [-0.25, -0.2) is 14.4 Å². The van der Waals surface area contributed by atoms with Crippen LogP contribution in [0.15, 0.2) is 55.0 Å². The number of phenolic OH excluding ortho intramolecular Hbond substituents is 1. The van der Waals surface area contributed by atoms with E-state index in [9.17, 15) is 9.50 Å². The Labute approximate surface area is 168 Å². The highest BCUT2D eigenvalue weighted by Gasteiger charge is 2.15. The third-order valence-corrected chi connectivity index (χ3v) is 4.73. The molecule has 0 spiro atoms. The molecule has 0 saturated heterocycles. The zero-order valence-electron chi connectivity index (χ0n) is 16.3. The number of rotatable bonds is 6. The minimum atomic E-state index is -0.424. The first-order valence-corrected chi connectivity index (χ1v) is 9.52. The maximum Gasteiger partial charge on any atom is 0.165 e. The van der Waals surface area contributed by atoms with Crippen LogP contribution in [0.1, 0.15) is 25.5 Å². The van der Waals surface area contributed by atoms with Gasteiger partial charge in [0.25, 0.3) is 0 Å². The van der Waals surface area contributed by atoms with Crippen LogP contribution in [0.4, 0.5) is 10.2 Å².